The molecule has 1 aliphatic heterocycles. The van der Waals surface area contributed by atoms with Crippen LogP contribution in [0.3, 0.4) is 0 Å². The number of piperidine rings is 1. The highest BCUT2D eigenvalue weighted by Gasteiger charge is 2.29. The molecular weight excluding hydrogens is 288 g/mol. The van der Waals surface area contributed by atoms with E-state index < -0.39 is 6.10 Å². The summed E-state index contributed by atoms with van der Waals surface area (Å²) >= 11 is 5.99. The number of hydrogen-bond donors (Lipinski definition) is 1. The minimum Gasteiger partial charge on any atom is -0.481 e. The topological polar surface area (TPSA) is 55.6 Å². The van der Waals surface area contributed by atoms with E-state index >= 15 is 0 Å². The Morgan fingerprint density at radius 2 is 2.29 bits per heavy atom. The molecule has 1 saturated heterocycles. The summed E-state index contributed by atoms with van der Waals surface area (Å²) in [5.41, 5.74) is 6.71. The van der Waals surface area contributed by atoms with Crippen LogP contribution < -0.4 is 10.5 Å². The van der Waals surface area contributed by atoms with Crippen molar-refractivity contribution in [3.8, 4) is 5.75 Å². The predicted octanol–water partition coefficient (Wildman–Crippen LogP) is 2.76. The van der Waals surface area contributed by atoms with Crippen LogP contribution in [0.25, 0.3) is 0 Å². The Labute approximate surface area is 131 Å². The first-order valence-corrected chi connectivity index (χ1v) is 7.84. The van der Waals surface area contributed by atoms with Crippen molar-refractivity contribution in [2.24, 2.45) is 5.73 Å². The third-order valence-corrected chi connectivity index (χ3v) is 4.40. The van der Waals surface area contributed by atoms with Crippen molar-refractivity contribution in [3.63, 3.8) is 0 Å². The molecule has 5 heteroatoms. The molecule has 0 bridgehead atoms. The maximum absolute atomic E-state index is 12.5. The van der Waals surface area contributed by atoms with Gasteiger partial charge in [-0.2, -0.15) is 0 Å². The lowest BCUT2D eigenvalue weighted by molar-refractivity contribution is -0.141. The number of nitrogens with two attached hydrogens (primary N) is 1. The van der Waals surface area contributed by atoms with Crippen LogP contribution in [0.15, 0.2) is 18.2 Å². The molecule has 2 N–H and O–H groups in total. The number of ether oxygens (including phenoxy) is 1. The Bertz CT molecular complexity index is 507. The summed E-state index contributed by atoms with van der Waals surface area (Å²) in [6.07, 6.45) is 2.64. The van der Waals surface area contributed by atoms with E-state index in [0.29, 0.717) is 17.3 Å². The zero-order valence-electron chi connectivity index (χ0n) is 12.6. The first-order chi connectivity index (χ1) is 10.0. The highest BCUT2D eigenvalue weighted by atomic mass is 35.5. The summed E-state index contributed by atoms with van der Waals surface area (Å²) in [4.78, 5) is 14.4. The van der Waals surface area contributed by atoms with Crippen LogP contribution >= 0.6 is 11.6 Å². The molecule has 0 spiro atoms. The number of benzene rings is 1. The van der Waals surface area contributed by atoms with E-state index in [2.05, 4.69) is 0 Å². The van der Waals surface area contributed by atoms with Gasteiger partial charge in [0, 0.05) is 24.2 Å². The maximum atomic E-state index is 12.5. The first kappa shape index (κ1) is 16.1. The summed E-state index contributed by atoms with van der Waals surface area (Å²) < 4.78 is 5.77. The van der Waals surface area contributed by atoms with E-state index in [1.807, 2.05) is 17.9 Å². The summed E-state index contributed by atoms with van der Waals surface area (Å²) in [7, 11) is 0. The van der Waals surface area contributed by atoms with Crippen molar-refractivity contribution in [1.82, 2.24) is 4.90 Å². The van der Waals surface area contributed by atoms with E-state index in [-0.39, 0.29) is 11.9 Å². The fourth-order valence-electron chi connectivity index (χ4n) is 2.71. The maximum Gasteiger partial charge on any atom is 0.263 e. The molecule has 2 rings (SSSR count). The second-order valence-electron chi connectivity index (χ2n) is 5.59. The van der Waals surface area contributed by atoms with Crippen molar-refractivity contribution in [2.75, 3.05) is 13.1 Å². The van der Waals surface area contributed by atoms with Crippen molar-refractivity contribution in [2.45, 2.75) is 45.3 Å². The van der Waals surface area contributed by atoms with Crippen molar-refractivity contribution < 1.29 is 9.53 Å². The summed E-state index contributed by atoms with van der Waals surface area (Å²) in [5, 5.41) is 0.695. The van der Waals surface area contributed by atoms with Gasteiger partial charge < -0.3 is 15.4 Å². The van der Waals surface area contributed by atoms with Gasteiger partial charge in [-0.1, -0.05) is 11.6 Å². The van der Waals surface area contributed by atoms with E-state index in [1.165, 1.54) is 0 Å². The van der Waals surface area contributed by atoms with Crippen LogP contribution in [0.1, 0.15) is 31.7 Å². The van der Waals surface area contributed by atoms with Gasteiger partial charge in [-0.05, 0) is 56.9 Å². The van der Waals surface area contributed by atoms with E-state index in [1.54, 1.807) is 19.1 Å². The van der Waals surface area contributed by atoms with Gasteiger partial charge >= 0.3 is 0 Å². The summed E-state index contributed by atoms with van der Waals surface area (Å²) in [6, 6.07) is 5.56. The standard InChI is InChI=1S/C16H23ClN2O2/c1-11-9-14(6-7-15(11)17)21-12(2)16(20)19-8-4-3-5-13(19)10-18/h6-7,9,12-13H,3-5,8,10,18H2,1-2H3. The molecule has 1 aromatic rings. The minimum absolute atomic E-state index is 0.0118. The van der Waals surface area contributed by atoms with Crippen LogP contribution in [-0.4, -0.2) is 36.0 Å². The lowest BCUT2D eigenvalue weighted by Crippen LogP contribution is -2.51. The molecule has 21 heavy (non-hydrogen) atoms. The van der Waals surface area contributed by atoms with Crippen LogP contribution in [0.2, 0.25) is 5.02 Å². The van der Waals surface area contributed by atoms with Gasteiger partial charge in [-0.25, -0.2) is 0 Å². The van der Waals surface area contributed by atoms with Gasteiger partial charge in [0.15, 0.2) is 6.10 Å². The molecular formula is C16H23ClN2O2. The van der Waals surface area contributed by atoms with Crippen molar-refractivity contribution >= 4 is 17.5 Å². The molecule has 2 unspecified atom stereocenters. The highest BCUT2D eigenvalue weighted by Crippen LogP contribution is 2.23. The minimum atomic E-state index is -0.516. The number of carbonyl (C=O) groups excluding carboxylic acids is 1. The molecule has 0 radical (unpaired) electrons. The Hall–Kier alpha value is -1.26. The molecule has 1 heterocycles. The van der Waals surface area contributed by atoms with Crippen LogP contribution in [0, 0.1) is 6.92 Å². The Morgan fingerprint density at radius 1 is 1.52 bits per heavy atom. The monoisotopic (exact) mass is 310 g/mol. The SMILES string of the molecule is Cc1cc(OC(C)C(=O)N2CCCCC2CN)ccc1Cl. The largest absolute Gasteiger partial charge is 0.481 e. The molecule has 0 aliphatic carbocycles. The number of amides is 1. The zero-order chi connectivity index (χ0) is 15.4. The van der Waals surface area contributed by atoms with E-state index in [9.17, 15) is 4.79 Å². The Kier molecular flexibility index (Phi) is 5.48. The molecule has 1 fully saturated rings. The predicted molar refractivity (Wildman–Crippen MR) is 84.7 cm³/mol. The van der Waals surface area contributed by atoms with Gasteiger partial charge in [-0.15, -0.1) is 0 Å². The average Bonchev–Trinajstić information content (AvgIpc) is 2.50. The number of aryl methyl sites for hydroxylation is 1. The van der Waals surface area contributed by atoms with Gasteiger partial charge in [0.2, 0.25) is 0 Å². The highest BCUT2D eigenvalue weighted by molar-refractivity contribution is 6.31. The Balaban J connectivity index is 2.02. The van der Waals surface area contributed by atoms with E-state index in [0.717, 1.165) is 31.4 Å². The average molecular weight is 311 g/mol. The number of rotatable bonds is 4. The second-order valence-corrected chi connectivity index (χ2v) is 6.00. The number of nitrogens with zero attached hydrogens (tertiary/aromatic N) is 1. The van der Waals surface area contributed by atoms with E-state index in [4.69, 9.17) is 22.1 Å². The summed E-state index contributed by atoms with van der Waals surface area (Å²) in [6.45, 7) is 4.98. The van der Waals surface area contributed by atoms with Gasteiger partial charge in [0.1, 0.15) is 5.75 Å². The van der Waals surface area contributed by atoms with Gasteiger partial charge in [-0.3, -0.25) is 4.79 Å². The molecule has 0 aromatic heterocycles. The molecule has 1 amide bonds. The quantitative estimate of drug-likeness (QED) is 0.930. The zero-order valence-corrected chi connectivity index (χ0v) is 13.4. The second kappa shape index (κ2) is 7.14. The summed E-state index contributed by atoms with van der Waals surface area (Å²) in [5.74, 6) is 0.678. The molecule has 1 aromatic carbocycles. The molecule has 116 valence electrons. The van der Waals surface area contributed by atoms with Crippen LogP contribution in [-0.2, 0) is 4.79 Å². The third-order valence-electron chi connectivity index (χ3n) is 3.97. The fraction of sp³-hybridized carbons (Fsp3) is 0.562. The molecule has 0 saturated carbocycles. The molecule has 1 aliphatic rings. The lowest BCUT2D eigenvalue weighted by Gasteiger charge is -2.36. The van der Waals surface area contributed by atoms with Gasteiger partial charge in [0.25, 0.3) is 5.91 Å². The van der Waals surface area contributed by atoms with Crippen LogP contribution in [0.5, 0.6) is 5.75 Å². The molecule has 4 nitrogen and oxygen atoms in total. The van der Waals surface area contributed by atoms with Gasteiger partial charge in [0.05, 0.1) is 0 Å². The third kappa shape index (κ3) is 3.89. The van der Waals surface area contributed by atoms with Crippen molar-refractivity contribution in [1.29, 1.82) is 0 Å². The number of hydrogen-bond acceptors (Lipinski definition) is 3. The number of likely N-dealkylation sites (tertiary alicyclic amines) is 1. The number of halogens is 1. The van der Waals surface area contributed by atoms with Crippen molar-refractivity contribution in [3.05, 3.63) is 28.8 Å². The molecule has 2 atom stereocenters. The van der Waals surface area contributed by atoms with Crippen LogP contribution in [0.4, 0.5) is 0 Å². The lowest BCUT2D eigenvalue weighted by atomic mass is 10.0. The normalized spacial score (nSPS) is 20.2. The smallest absolute Gasteiger partial charge is 0.263 e. The number of carbonyl (C=O) groups is 1. The fourth-order valence-corrected chi connectivity index (χ4v) is 2.83. The first-order valence-electron chi connectivity index (χ1n) is 7.46. The Morgan fingerprint density at radius 3 is 2.95 bits per heavy atom.